The molecule has 0 radical (unpaired) electrons. The predicted octanol–water partition coefficient (Wildman–Crippen LogP) is 2.19. The lowest BCUT2D eigenvalue weighted by Gasteiger charge is -2.12. The number of anilines is 2. The molecule has 2 heterocycles. The van der Waals surface area contributed by atoms with Crippen LogP contribution in [-0.4, -0.2) is 53.1 Å². The van der Waals surface area contributed by atoms with Crippen molar-refractivity contribution in [3.8, 4) is 5.82 Å². The topological polar surface area (TPSA) is 88.0 Å². The SMILES string of the molecule is Cc1cc(C)n(-c2ccc(NCCNC(=O)c3ccc(N(C)C)cc3)nn2)n1. The molecule has 0 saturated carbocycles. The Morgan fingerprint density at radius 2 is 1.79 bits per heavy atom. The van der Waals surface area contributed by atoms with E-state index in [1.54, 1.807) is 4.68 Å². The number of carbonyl (C=O) groups is 1. The van der Waals surface area contributed by atoms with Crippen LogP contribution in [0.1, 0.15) is 21.7 Å². The summed E-state index contributed by atoms with van der Waals surface area (Å²) in [5.74, 6) is 1.22. The Labute approximate surface area is 164 Å². The van der Waals surface area contributed by atoms with Gasteiger partial charge in [-0.25, -0.2) is 4.68 Å². The van der Waals surface area contributed by atoms with E-state index in [2.05, 4.69) is 25.9 Å². The van der Waals surface area contributed by atoms with Gasteiger partial charge in [-0.1, -0.05) is 0 Å². The largest absolute Gasteiger partial charge is 0.378 e. The summed E-state index contributed by atoms with van der Waals surface area (Å²) in [4.78, 5) is 14.2. The van der Waals surface area contributed by atoms with Crippen LogP contribution < -0.4 is 15.5 Å². The minimum Gasteiger partial charge on any atom is -0.378 e. The molecule has 0 aliphatic carbocycles. The molecule has 2 N–H and O–H groups in total. The van der Waals surface area contributed by atoms with E-state index in [-0.39, 0.29) is 5.91 Å². The van der Waals surface area contributed by atoms with Gasteiger partial charge in [-0.3, -0.25) is 4.79 Å². The molecule has 0 aliphatic rings. The number of benzene rings is 1. The maximum Gasteiger partial charge on any atom is 0.251 e. The van der Waals surface area contributed by atoms with Crippen LogP contribution in [0.2, 0.25) is 0 Å². The third-order valence-corrected chi connectivity index (χ3v) is 4.24. The third-order valence-electron chi connectivity index (χ3n) is 4.24. The van der Waals surface area contributed by atoms with E-state index in [0.717, 1.165) is 17.1 Å². The molecular formula is C20H25N7O. The summed E-state index contributed by atoms with van der Waals surface area (Å²) in [6.45, 7) is 4.95. The number of carbonyl (C=O) groups excluding carboxylic acids is 1. The number of aryl methyl sites for hydroxylation is 2. The lowest BCUT2D eigenvalue weighted by molar-refractivity contribution is 0.0955. The van der Waals surface area contributed by atoms with E-state index in [1.165, 1.54) is 0 Å². The van der Waals surface area contributed by atoms with Crippen molar-refractivity contribution in [1.29, 1.82) is 0 Å². The van der Waals surface area contributed by atoms with Crippen LogP contribution in [0.25, 0.3) is 5.82 Å². The van der Waals surface area contributed by atoms with Crippen molar-refractivity contribution in [2.75, 3.05) is 37.4 Å². The quantitative estimate of drug-likeness (QED) is 0.612. The van der Waals surface area contributed by atoms with Crippen molar-refractivity contribution in [3.63, 3.8) is 0 Å². The van der Waals surface area contributed by atoms with E-state index in [9.17, 15) is 4.79 Å². The molecule has 8 nitrogen and oxygen atoms in total. The number of amides is 1. The van der Waals surface area contributed by atoms with E-state index < -0.39 is 0 Å². The monoisotopic (exact) mass is 379 g/mol. The summed E-state index contributed by atoms with van der Waals surface area (Å²) < 4.78 is 1.76. The van der Waals surface area contributed by atoms with Gasteiger partial charge >= 0.3 is 0 Å². The van der Waals surface area contributed by atoms with Gasteiger partial charge in [0.25, 0.3) is 5.91 Å². The number of nitrogens with zero attached hydrogens (tertiary/aromatic N) is 5. The second-order valence-corrected chi connectivity index (χ2v) is 6.74. The van der Waals surface area contributed by atoms with Crippen LogP contribution in [0.5, 0.6) is 0 Å². The zero-order chi connectivity index (χ0) is 20.1. The summed E-state index contributed by atoms with van der Waals surface area (Å²) in [7, 11) is 3.93. The first-order valence-corrected chi connectivity index (χ1v) is 9.11. The molecule has 1 aromatic carbocycles. The highest BCUT2D eigenvalue weighted by Gasteiger charge is 2.07. The standard InChI is InChI=1S/C20H25N7O/c1-14-13-15(2)27(25-14)19-10-9-18(23-24-19)21-11-12-22-20(28)16-5-7-17(8-6-16)26(3)4/h5-10,13H,11-12H2,1-4H3,(H,21,23)(H,22,28). The van der Waals surface area contributed by atoms with Crippen LogP contribution in [0.15, 0.2) is 42.5 Å². The average molecular weight is 379 g/mol. The average Bonchev–Trinajstić information content (AvgIpc) is 3.03. The molecule has 0 atom stereocenters. The van der Waals surface area contributed by atoms with Crippen LogP contribution in [-0.2, 0) is 0 Å². The fourth-order valence-corrected chi connectivity index (χ4v) is 2.77. The van der Waals surface area contributed by atoms with Gasteiger partial charge in [0, 0.05) is 44.1 Å². The van der Waals surface area contributed by atoms with Crippen molar-refractivity contribution in [3.05, 3.63) is 59.4 Å². The van der Waals surface area contributed by atoms with Gasteiger partial charge in [0.1, 0.15) is 5.82 Å². The number of rotatable bonds is 7. The lowest BCUT2D eigenvalue weighted by atomic mass is 10.2. The fourth-order valence-electron chi connectivity index (χ4n) is 2.77. The van der Waals surface area contributed by atoms with Gasteiger partial charge in [0.2, 0.25) is 0 Å². The molecule has 0 aliphatic heterocycles. The van der Waals surface area contributed by atoms with Gasteiger partial charge in [-0.15, -0.1) is 10.2 Å². The normalized spacial score (nSPS) is 10.6. The highest BCUT2D eigenvalue weighted by atomic mass is 16.1. The van der Waals surface area contributed by atoms with Crippen molar-refractivity contribution in [2.24, 2.45) is 0 Å². The van der Waals surface area contributed by atoms with Crippen LogP contribution >= 0.6 is 0 Å². The van der Waals surface area contributed by atoms with Gasteiger partial charge in [-0.05, 0) is 56.3 Å². The molecule has 0 saturated heterocycles. The highest BCUT2D eigenvalue weighted by Crippen LogP contribution is 2.12. The first-order chi connectivity index (χ1) is 13.4. The van der Waals surface area contributed by atoms with Crippen LogP contribution in [0, 0.1) is 13.8 Å². The number of aromatic nitrogens is 4. The van der Waals surface area contributed by atoms with Crippen LogP contribution in [0.3, 0.4) is 0 Å². The Morgan fingerprint density at radius 3 is 2.36 bits per heavy atom. The van der Waals surface area contributed by atoms with Crippen molar-refractivity contribution < 1.29 is 4.79 Å². The molecule has 0 spiro atoms. The molecule has 2 aromatic heterocycles. The Balaban J connectivity index is 1.47. The van der Waals surface area contributed by atoms with Crippen molar-refractivity contribution in [1.82, 2.24) is 25.3 Å². The zero-order valence-electron chi connectivity index (χ0n) is 16.6. The molecule has 0 fully saturated rings. The van der Waals surface area contributed by atoms with Gasteiger partial charge < -0.3 is 15.5 Å². The second-order valence-electron chi connectivity index (χ2n) is 6.74. The fraction of sp³-hybridized carbons (Fsp3) is 0.300. The summed E-state index contributed by atoms with van der Waals surface area (Å²) in [6.07, 6.45) is 0. The Morgan fingerprint density at radius 1 is 1.04 bits per heavy atom. The molecule has 1 amide bonds. The van der Waals surface area contributed by atoms with Gasteiger partial charge in [0.15, 0.2) is 5.82 Å². The van der Waals surface area contributed by atoms with Crippen molar-refractivity contribution in [2.45, 2.75) is 13.8 Å². The first-order valence-electron chi connectivity index (χ1n) is 9.11. The molecule has 3 rings (SSSR count). The minimum absolute atomic E-state index is 0.0990. The summed E-state index contributed by atoms with van der Waals surface area (Å²) in [5.41, 5.74) is 3.64. The summed E-state index contributed by atoms with van der Waals surface area (Å²) >= 11 is 0. The molecule has 28 heavy (non-hydrogen) atoms. The molecule has 8 heteroatoms. The smallest absolute Gasteiger partial charge is 0.251 e. The molecule has 0 bridgehead atoms. The van der Waals surface area contributed by atoms with Gasteiger partial charge in [0.05, 0.1) is 5.69 Å². The first kappa shape index (κ1) is 19.3. The molecule has 146 valence electrons. The third kappa shape index (κ3) is 4.64. The Kier molecular flexibility index (Phi) is 5.88. The van der Waals surface area contributed by atoms with E-state index in [4.69, 9.17) is 0 Å². The second kappa shape index (κ2) is 8.51. The molecular weight excluding hydrogens is 354 g/mol. The zero-order valence-corrected chi connectivity index (χ0v) is 16.6. The maximum atomic E-state index is 12.2. The minimum atomic E-state index is -0.0990. The summed E-state index contributed by atoms with van der Waals surface area (Å²) in [5, 5.41) is 18.8. The van der Waals surface area contributed by atoms with Crippen LogP contribution in [0.4, 0.5) is 11.5 Å². The highest BCUT2D eigenvalue weighted by molar-refractivity contribution is 5.94. The maximum absolute atomic E-state index is 12.2. The molecule has 3 aromatic rings. The summed E-state index contributed by atoms with van der Waals surface area (Å²) in [6, 6.07) is 13.2. The van der Waals surface area contributed by atoms with E-state index in [1.807, 2.05) is 75.3 Å². The lowest BCUT2D eigenvalue weighted by Crippen LogP contribution is -2.29. The number of hydrogen-bond acceptors (Lipinski definition) is 6. The van der Waals surface area contributed by atoms with Gasteiger partial charge in [-0.2, -0.15) is 5.10 Å². The Hall–Kier alpha value is -3.42. The number of nitrogens with one attached hydrogen (secondary N) is 2. The van der Waals surface area contributed by atoms with E-state index in [0.29, 0.717) is 30.3 Å². The predicted molar refractivity (Wildman–Crippen MR) is 110 cm³/mol. The number of hydrogen-bond donors (Lipinski definition) is 2. The molecule has 0 unspecified atom stereocenters. The van der Waals surface area contributed by atoms with E-state index >= 15 is 0 Å². The van der Waals surface area contributed by atoms with Crippen molar-refractivity contribution >= 4 is 17.4 Å². The Bertz CT molecular complexity index is 930.